The van der Waals surface area contributed by atoms with Gasteiger partial charge in [0.1, 0.15) is 11.6 Å². The first kappa shape index (κ1) is 15.5. The van der Waals surface area contributed by atoms with E-state index >= 15 is 0 Å². The fraction of sp³-hybridized carbons (Fsp3) is 0.278. The molecular weight excluding hydrogens is 297 g/mol. The summed E-state index contributed by atoms with van der Waals surface area (Å²) in [4.78, 5) is 11.4. The lowest BCUT2D eigenvalue weighted by atomic mass is 10.0. The van der Waals surface area contributed by atoms with Gasteiger partial charge in [-0.25, -0.2) is 4.39 Å². The van der Waals surface area contributed by atoms with Crippen LogP contribution in [0, 0.1) is 5.82 Å². The van der Waals surface area contributed by atoms with Gasteiger partial charge in [-0.05, 0) is 35.2 Å². The van der Waals surface area contributed by atoms with Crippen molar-refractivity contribution in [1.29, 1.82) is 0 Å². The number of nitrogens with one attached hydrogen (secondary N) is 1. The molecule has 0 bridgehead atoms. The van der Waals surface area contributed by atoms with Crippen LogP contribution in [0.2, 0.25) is 0 Å². The van der Waals surface area contributed by atoms with Crippen LogP contribution >= 0.6 is 0 Å². The molecule has 4 nitrogen and oxygen atoms in total. The molecule has 0 saturated carbocycles. The van der Waals surface area contributed by atoms with Gasteiger partial charge in [-0.15, -0.1) is 0 Å². The Kier molecular flexibility index (Phi) is 4.30. The second-order valence-electron chi connectivity index (χ2n) is 5.69. The molecule has 0 aromatic heterocycles. The van der Waals surface area contributed by atoms with Gasteiger partial charge in [0, 0.05) is 18.7 Å². The molecule has 1 aliphatic carbocycles. The number of hydrogen-bond acceptors (Lipinski definition) is 3. The van der Waals surface area contributed by atoms with E-state index in [0.717, 1.165) is 16.7 Å². The van der Waals surface area contributed by atoms with E-state index in [9.17, 15) is 14.3 Å². The van der Waals surface area contributed by atoms with Crippen LogP contribution in [0.15, 0.2) is 42.5 Å². The minimum Gasteiger partial charge on any atom is -0.497 e. The first-order valence-corrected chi connectivity index (χ1v) is 7.47. The van der Waals surface area contributed by atoms with Gasteiger partial charge in [0.2, 0.25) is 0 Å². The summed E-state index contributed by atoms with van der Waals surface area (Å²) in [6, 6.07) is 12.1. The Morgan fingerprint density at radius 3 is 2.74 bits per heavy atom. The van der Waals surface area contributed by atoms with E-state index in [0.29, 0.717) is 18.7 Å². The van der Waals surface area contributed by atoms with Crippen molar-refractivity contribution in [3.8, 4) is 5.75 Å². The van der Waals surface area contributed by atoms with E-state index in [-0.39, 0.29) is 11.9 Å². The number of fused-ring (bicyclic) bond motifs is 1. The van der Waals surface area contributed by atoms with Crippen molar-refractivity contribution >= 4 is 5.97 Å². The molecule has 5 heteroatoms. The first-order valence-electron chi connectivity index (χ1n) is 7.47. The van der Waals surface area contributed by atoms with Crippen molar-refractivity contribution < 1.29 is 19.0 Å². The Hall–Kier alpha value is -2.40. The van der Waals surface area contributed by atoms with Crippen LogP contribution in [0.3, 0.4) is 0 Å². The second-order valence-corrected chi connectivity index (χ2v) is 5.69. The monoisotopic (exact) mass is 315 g/mol. The molecular formula is C18H18FNO3. The van der Waals surface area contributed by atoms with E-state index in [1.807, 2.05) is 24.3 Å². The van der Waals surface area contributed by atoms with E-state index in [1.165, 1.54) is 19.2 Å². The Morgan fingerprint density at radius 1 is 1.30 bits per heavy atom. The molecule has 2 aromatic carbocycles. The number of aliphatic carboxylic acids is 1. The van der Waals surface area contributed by atoms with Crippen LogP contribution in [0.25, 0.3) is 0 Å². The molecule has 0 fully saturated rings. The van der Waals surface area contributed by atoms with Crippen molar-refractivity contribution in [1.82, 2.24) is 5.32 Å². The third-order valence-electron chi connectivity index (χ3n) is 4.24. The van der Waals surface area contributed by atoms with Crippen molar-refractivity contribution in [3.63, 3.8) is 0 Å². The number of halogens is 1. The van der Waals surface area contributed by atoms with Gasteiger partial charge in [-0.2, -0.15) is 0 Å². The van der Waals surface area contributed by atoms with Gasteiger partial charge in [0.05, 0.1) is 13.0 Å². The SMILES string of the molecule is COc1cc(F)cc(CN[C@@H]2C[C@H](C(=O)O)c3ccccc32)c1. The van der Waals surface area contributed by atoms with Gasteiger partial charge < -0.3 is 15.2 Å². The topological polar surface area (TPSA) is 58.6 Å². The third-order valence-corrected chi connectivity index (χ3v) is 4.24. The molecule has 3 rings (SSSR count). The average Bonchev–Trinajstić information content (AvgIpc) is 2.91. The first-order chi connectivity index (χ1) is 11.1. The number of carbonyl (C=O) groups is 1. The largest absolute Gasteiger partial charge is 0.497 e. The zero-order valence-electron chi connectivity index (χ0n) is 12.8. The molecule has 0 aliphatic heterocycles. The molecule has 0 radical (unpaired) electrons. The summed E-state index contributed by atoms with van der Waals surface area (Å²) in [7, 11) is 1.50. The quantitative estimate of drug-likeness (QED) is 0.889. The molecule has 0 amide bonds. The summed E-state index contributed by atoms with van der Waals surface area (Å²) in [6.07, 6.45) is 0.501. The lowest BCUT2D eigenvalue weighted by molar-refractivity contribution is -0.138. The summed E-state index contributed by atoms with van der Waals surface area (Å²) in [6.45, 7) is 0.444. The Balaban J connectivity index is 1.77. The van der Waals surface area contributed by atoms with Gasteiger partial charge in [-0.1, -0.05) is 24.3 Å². The minimum absolute atomic E-state index is 0.0541. The van der Waals surface area contributed by atoms with E-state index < -0.39 is 11.9 Å². The zero-order valence-corrected chi connectivity index (χ0v) is 12.8. The third kappa shape index (κ3) is 3.19. The molecule has 2 aromatic rings. The summed E-state index contributed by atoms with van der Waals surface area (Å²) in [5.41, 5.74) is 2.62. The molecule has 120 valence electrons. The number of carboxylic acid groups (broad SMARTS) is 1. The van der Waals surface area contributed by atoms with Gasteiger partial charge >= 0.3 is 5.97 Å². The Labute approximate surface area is 133 Å². The predicted molar refractivity (Wildman–Crippen MR) is 84.0 cm³/mol. The van der Waals surface area contributed by atoms with Gasteiger partial charge in [0.15, 0.2) is 0 Å². The highest BCUT2D eigenvalue weighted by Gasteiger charge is 2.34. The minimum atomic E-state index is -0.811. The van der Waals surface area contributed by atoms with Crippen LogP contribution in [-0.4, -0.2) is 18.2 Å². The summed E-state index contributed by atoms with van der Waals surface area (Å²) < 4.78 is 18.6. The summed E-state index contributed by atoms with van der Waals surface area (Å²) in [5.74, 6) is -1.19. The van der Waals surface area contributed by atoms with Crippen LogP contribution in [0.4, 0.5) is 4.39 Å². The van der Waals surface area contributed by atoms with Crippen LogP contribution in [0.1, 0.15) is 35.1 Å². The zero-order chi connectivity index (χ0) is 16.4. The van der Waals surface area contributed by atoms with E-state index in [1.54, 1.807) is 6.07 Å². The molecule has 0 spiro atoms. The smallest absolute Gasteiger partial charge is 0.311 e. The molecule has 2 atom stereocenters. The lowest BCUT2D eigenvalue weighted by Gasteiger charge is -2.14. The highest BCUT2D eigenvalue weighted by Crippen LogP contribution is 2.40. The second kappa shape index (κ2) is 6.38. The lowest BCUT2D eigenvalue weighted by Crippen LogP contribution is -2.19. The number of ether oxygens (including phenoxy) is 1. The average molecular weight is 315 g/mol. The Bertz CT molecular complexity index is 732. The standard InChI is InChI=1S/C18H18FNO3/c1-23-13-7-11(6-12(19)8-13)10-20-17-9-16(18(21)22)14-4-2-3-5-15(14)17/h2-8,16-17,20H,9-10H2,1H3,(H,21,22)/t16-,17+/m0/s1. The maximum Gasteiger partial charge on any atom is 0.311 e. The number of hydrogen-bond donors (Lipinski definition) is 2. The molecule has 0 unspecified atom stereocenters. The van der Waals surface area contributed by atoms with Gasteiger partial charge in [0.25, 0.3) is 0 Å². The van der Waals surface area contributed by atoms with Crippen molar-refractivity contribution in [2.75, 3.05) is 7.11 Å². The fourth-order valence-electron chi connectivity index (χ4n) is 3.14. The molecule has 1 aliphatic rings. The summed E-state index contributed by atoms with van der Waals surface area (Å²) in [5, 5.41) is 12.7. The van der Waals surface area contributed by atoms with Crippen molar-refractivity contribution in [3.05, 3.63) is 65.0 Å². The number of benzene rings is 2. The molecule has 23 heavy (non-hydrogen) atoms. The summed E-state index contributed by atoms with van der Waals surface area (Å²) >= 11 is 0. The number of rotatable bonds is 5. The van der Waals surface area contributed by atoms with Crippen LogP contribution in [-0.2, 0) is 11.3 Å². The molecule has 2 N–H and O–H groups in total. The van der Waals surface area contributed by atoms with Crippen molar-refractivity contribution in [2.24, 2.45) is 0 Å². The van der Waals surface area contributed by atoms with Gasteiger partial charge in [-0.3, -0.25) is 4.79 Å². The van der Waals surface area contributed by atoms with Crippen LogP contribution < -0.4 is 10.1 Å². The molecule has 0 heterocycles. The maximum absolute atomic E-state index is 13.5. The predicted octanol–water partition coefficient (Wildman–Crippen LogP) is 3.24. The normalized spacial score (nSPS) is 19.4. The number of methoxy groups -OCH3 is 1. The molecule has 0 saturated heterocycles. The maximum atomic E-state index is 13.5. The van der Waals surface area contributed by atoms with Crippen LogP contribution in [0.5, 0.6) is 5.75 Å². The number of carboxylic acids is 1. The highest BCUT2D eigenvalue weighted by molar-refractivity contribution is 5.78. The van der Waals surface area contributed by atoms with E-state index in [4.69, 9.17) is 4.74 Å². The van der Waals surface area contributed by atoms with Crippen molar-refractivity contribution in [2.45, 2.75) is 24.9 Å². The van der Waals surface area contributed by atoms with E-state index in [2.05, 4.69) is 5.32 Å². The Morgan fingerprint density at radius 2 is 2.04 bits per heavy atom. The highest BCUT2D eigenvalue weighted by atomic mass is 19.1. The fourth-order valence-corrected chi connectivity index (χ4v) is 3.14.